The lowest BCUT2D eigenvalue weighted by Gasteiger charge is -2.09. The van der Waals surface area contributed by atoms with Gasteiger partial charge in [-0.15, -0.1) is 5.10 Å². The summed E-state index contributed by atoms with van der Waals surface area (Å²) in [5.74, 6) is -0.280. The zero-order valence-electron chi connectivity index (χ0n) is 20.4. The molecule has 2 N–H and O–H groups in total. The van der Waals surface area contributed by atoms with Gasteiger partial charge in [0.1, 0.15) is 17.0 Å². The minimum Gasteiger partial charge on any atom is -0.466 e. The summed E-state index contributed by atoms with van der Waals surface area (Å²) in [5.41, 5.74) is 0.725. The van der Waals surface area contributed by atoms with Crippen molar-refractivity contribution in [1.82, 2.24) is 28.9 Å². The van der Waals surface area contributed by atoms with E-state index in [4.69, 9.17) is 4.74 Å². The number of H-pyrrole nitrogens is 1. The van der Waals surface area contributed by atoms with Crippen molar-refractivity contribution in [2.45, 2.75) is 53.2 Å². The van der Waals surface area contributed by atoms with Crippen LogP contribution in [-0.4, -0.2) is 41.4 Å². The molecule has 11 nitrogen and oxygen atoms in total. The number of ether oxygens (including phenoxy) is 1. The summed E-state index contributed by atoms with van der Waals surface area (Å²) in [6, 6.07) is 7.00. The topological polar surface area (TPSA) is 129 Å². The third kappa shape index (κ3) is 4.92. The van der Waals surface area contributed by atoms with Gasteiger partial charge in [-0.3, -0.25) is 23.4 Å². The smallest absolute Gasteiger partial charge is 0.332 e. The Bertz CT molecular complexity index is 1500. The monoisotopic (exact) mass is 497 g/mol. The van der Waals surface area contributed by atoms with E-state index in [-0.39, 0.29) is 23.7 Å². The number of anilines is 1. The highest BCUT2D eigenvalue weighted by atomic mass is 19.1. The van der Waals surface area contributed by atoms with Gasteiger partial charge in [-0.25, -0.2) is 14.2 Å². The number of benzene rings is 1. The predicted molar refractivity (Wildman–Crippen MR) is 133 cm³/mol. The number of aromatic nitrogens is 6. The number of aryl methyl sites for hydroxylation is 2. The first-order valence-corrected chi connectivity index (χ1v) is 11.9. The maximum absolute atomic E-state index is 13.0. The van der Waals surface area contributed by atoms with Crippen molar-refractivity contribution in [3.63, 3.8) is 0 Å². The normalized spacial score (nSPS) is 11.2. The Morgan fingerprint density at radius 3 is 2.44 bits per heavy atom. The second-order valence-corrected chi connectivity index (χ2v) is 8.20. The molecule has 0 aliphatic heterocycles. The van der Waals surface area contributed by atoms with E-state index in [0.29, 0.717) is 55.3 Å². The maximum atomic E-state index is 13.0. The molecule has 0 fully saturated rings. The third-order valence-electron chi connectivity index (χ3n) is 5.53. The fourth-order valence-electron chi connectivity index (χ4n) is 3.90. The van der Waals surface area contributed by atoms with E-state index in [1.54, 1.807) is 10.7 Å². The molecule has 36 heavy (non-hydrogen) atoms. The van der Waals surface area contributed by atoms with Crippen molar-refractivity contribution in [2.24, 2.45) is 0 Å². The van der Waals surface area contributed by atoms with Gasteiger partial charge in [-0.2, -0.15) is 0 Å². The summed E-state index contributed by atoms with van der Waals surface area (Å²) in [6.45, 7) is 6.63. The Balaban J connectivity index is 1.62. The maximum Gasteiger partial charge on any atom is 0.332 e. The fraction of sp³-hybridized carbons (Fsp3) is 0.375. The number of hydrogen-bond donors (Lipinski definition) is 2. The van der Waals surface area contributed by atoms with Crippen LogP contribution in [0.3, 0.4) is 0 Å². The van der Waals surface area contributed by atoms with Gasteiger partial charge in [0.2, 0.25) is 5.88 Å². The largest absolute Gasteiger partial charge is 0.466 e. The highest BCUT2D eigenvalue weighted by Gasteiger charge is 2.20. The molecule has 0 saturated heterocycles. The number of aromatic amines is 1. The quantitative estimate of drug-likeness (QED) is 0.347. The molecule has 0 saturated carbocycles. The SMILES string of the molecule is CCCn1c(=O)c2[nH]c(-c3cc(OCC(=O)Nc4ccc(F)cc4)nn3CC)nc2n(CCC)c1=O. The van der Waals surface area contributed by atoms with E-state index in [1.807, 2.05) is 20.8 Å². The standard InChI is InChI=1S/C24H28FN7O4/c1-4-11-30-22-20(23(34)31(12-5-2)24(30)35)27-21(28-22)17-13-19(29-32(17)6-3)36-14-18(33)26-16-9-7-15(25)8-10-16/h7-10,13H,4-6,11-12,14H2,1-3H3,(H,26,33)(H,27,28). The number of nitrogens with one attached hydrogen (secondary N) is 2. The van der Waals surface area contributed by atoms with E-state index < -0.39 is 17.3 Å². The molecule has 0 bridgehead atoms. The molecule has 0 aliphatic carbocycles. The lowest BCUT2D eigenvalue weighted by atomic mass is 10.3. The number of amides is 1. The first-order chi connectivity index (χ1) is 17.4. The fourth-order valence-corrected chi connectivity index (χ4v) is 3.90. The number of rotatable bonds is 10. The van der Waals surface area contributed by atoms with Crippen molar-refractivity contribution in [2.75, 3.05) is 11.9 Å². The van der Waals surface area contributed by atoms with Gasteiger partial charge in [0, 0.05) is 31.4 Å². The number of halogens is 1. The summed E-state index contributed by atoms with van der Waals surface area (Å²) >= 11 is 0. The summed E-state index contributed by atoms with van der Waals surface area (Å²) in [5, 5.41) is 6.98. The van der Waals surface area contributed by atoms with Gasteiger partial charge >= 0.3 is 5.69 Å². The number of carbonyl (C=O) groups is 1. The molecule has 0 unspecified atom stereocenters. The molecule has 0 radical (unpaired) electrons. The van der Waals surface area contributed by atoms with Crippen LogP contribution >= 0.6 is 0 Å². The van der Waals surface area contributed by atoms with Gasteiger partial charge in [0.15, 0.2) is 18.1 Å². The van der Waals surface area contributed by atoms with Crippen LogP contribution in [0, 0.1) is 5.82 Å². The van der Waals surface area contributed by atoms with Crippen LogP contribution in [0.5, 0.6) is 5.88 Å². The average Bonchev–Trinajstić information content (AvgIpc) is 3.49. The molecule has 3 heterocycles. The van der Waals surface area contributed by atoms with Crippen molar-refractivity contribution in [3.05, 3.63) is 57.0 Å². The van der Waals surface area contributed by atoms with Gasteiger partial charge in [-0.1, -0.05) is 13.8 Å². The van der Waals surface area contributed by atoms with E-state index in [2.05, 4.69) is 20.4 Å². The van der Waals surface area contributed by atoms with Crippen LogP contribution in [0.25, 0.3) is 22.7 Å². The number of nitrogens with zero attached hydrogens (tertiary/aromatic N) is 5. The van der Waals surface area contributed by atoms with Crippen LogP contribution in [0.2, 0.25) is 0 Å². The van der Waals surface area contributed by atoms with Gasteiger partial charge < -0.3 is 15.0 Å². The van der Waals surface area contributed by atoms with Gasteiger partial charge in [-0.05, 0) is 44.0 Å². The Labute approximate surface area is 205 Å². The molecular weight excluding hydrogens is 469 g/mol. The first kappa shape index (κ1) is 24.9. The molecule has 1 aromatic carbocycles. The molecule has 0 spiro atoms. The first-order valence-electron chi connectivity index (χ1n) is 11.9. The lowest BCUT2D eigenvalue weighted by molar-refractivity contribution is -0.118. The number of carbonyl (C=O) groups excluding carboxylic acids is 1. The molecule has 190 valence electrons. The Morgan fingerprint density at radius 2 is 1.78 bits per heavy atom. The minimum absolute atomic E-state index is 0.191. The predicted octanol–water partition coefficient (Wildman–Crippen LogP) is 2.75. The Morgan fingerprint density at radius 1 is 1.08 bits per heavy atom. The van der Waals surface area contributed by atoms with Crippen molar-refractivity contribution in [1.29, 1.82) is 0 Å². The zero-order valence-corrected chi connectivity index (χ0v) is 20.4. The number of imidazole rings is 1. The van der Waals surface area contributed by atoms with E-state index in [0.717, 1.165) is 0 Å². The zero-order chi connectivity index (χ0) is 25.8. The highest BCUT2D eigenvalue weighted by molar-refractivity contribution is 5.91. The van der Waals surface area contributed by atoms with Gasteiger partial charge in [0.25, 0.3) is 11.5 Å². The van der Waals surface area contributed by atoms with Crippen LogP contribution < -0.4 is 21.3 Å². The van der Waals surface area contributed by atoms with E-state index in [9.17, 15) is 18.8 Å². The molecular formula is C24H28FN7O4. The van der Waals surface area contributed by atoms with Gasteiger partial charge in [0.05, 0.1) is 0 Å². The molecule has 3 aromatic heterocycles. The van der Waals surface area contributed by atoms with Crippen molar-refractivity contribution in [3.8, 4) is 17.4 Å². The van der Waals surface area contributed by atoms with E-state index in [1.165, 1.54) is 33.4 Å². The molecule has 4 aromatic rings. The Hall–Kier alpha value is -4.22. The van der Waals surface area contributed by atoms with Crippen LogP contribution in [-0.2, 0) is 24.4 Å². The molecule has 0 aliphatic rings. The second kappa shape index (κ2) is 10.6. The molecule has 4 rings (SSSR count). The highest BCUT2D eigenvalue weighted by Crippen LogP contribution is 2.23. The summed E-state index contributed by atoms with van der Waals surface area (Å²) in [4.78, 5) is 45.8. The number of hydrogen-bond acceptors (Lipinski definition) is 6. The number of fused-ring (bicyclic) bond motifs is 1. The minimum atomic E-state index is -0.432. The molecule has 12 heteroatoms. The van der Waals surface area contributed by atoms with Crippen molar-refractivity contribution < 1.29 is 13.9 Å². The summed E-state index contributed by atoms with van der Waals surface area (Å²) < 4.78 is 23.0. The van der Waals surface area contributed by atoms with E-state index >= 15 is 0 Å². The van der Waals surface area contributed by atoms with Crippen LogP contribution in [0.4, 0.5) is 10.1 Å². The Kier molecular flexibility index (Phi) is 7.32. The van der Waals surface area contributed by atoms with Crippen molar-refractivity contribution >= 4 is 22.8 Å². The van der Waals surface area contributed by atoms with Crippen LogP contribution in [0.1, 0.15) is 33.6 Å². The molecule has 0 atom stereocenters. The lowest BCUT2D eigenvalue weighted by Crippen LogP contribution is -2.40. The second-order valence-electron chi connectivity index (χ2n) is 8.20. The summed E-state index contributed by atoms with van der Waals surface area (Å²) in [6.07, 6.45) is 1.35. The molecule has 1 amide bonds. The summed E-state index contributed by atoms with van der Waals surface area (Å²) in [7, 11) is 0. The average molecular weight is 498 g/mol. The van der Waals surface area contributed by atoms with Crippen LogP contribution in [0.15, 0.2) is 39.9 Å². The third-order valence-corrected chi connectivity index (χ3v) is 5.53.